The van der Waals surface area contributed by atoms with E-state index in [1.165, 1.54) is 17.8 Å². The Balaban J connectivity index is 1.85. The van der Waals surface area contributed by atoms with Crippen LogP contribution < -0.4 is 0 Å². The molecular weight excluding hydrogens is 228 g/mol. The van der Waals surface area contributed by atoms with Gasteiger partial charge in [-0.3, -0.25) is 0 Å². The molecule has 18 heavy (non-hydrogen) atoms. The molecule has 3 aliphatic heterocycles. The van der Waals surface area contributed by atoms with Crippen LogP contribution in [0.2, 0.25) is 0 Å². The quantitative estimate of drug-likeness (QED) is 0.617. The van der Waals surface area contributed by atoms with Gasteiger partial charge in [0, 0.05) is 0 Å². The van der Waals surface area contributed by atoms with Crippen LogP contribution in [0.25, 0.3) is 0 Å². The maximum atomic E-state index is 6.21. The Bertz CT molecular complexity index is 462. The highest BCUT2D eigenvalue weighted by atomic mass is 16.8. The number of rotatable bonds is 0. The van der Waals surface area contributed by atoms with E-state index >= 15 is 0 Å². The minimum absolute atomic E-state index is 0.0294. The van der Waals surface area contributed by atoms with Crippen LogP contribution in [0.4, 0.5) is 0 Å². The maximum Gasteiger partial charge on any atom is 0.164 e. The fourth-order valence-corrected chi connectivity index (χ4v) is 4.05. The molecule has 5 rings (SSSR count). The second-order valence-corrected chi connectivity index (χ2v) is 6.47. The smallest absolute Gasteiger partial charge is 0.164 e. The van der Waals surface area contributed by atoms with Crippen molar-refractivity contribution in [3.8, 4) is 0 Å². The Hall–Kier alpha value is -0.800. The van der Waals surface area contributed by atoms with E-state index in [9.17, 15) is 0 Å². The van der Waals surface area contributed by atoms with Crippen LogP contribution >= 0.6 is 0 Å². The van der Waals surface area contributed by atoms with Gasteiger partial charge in [-0.15, -0.1) is 0 Å². The average Bonchev–Trinajstić information content (AvgIpc) is 2.67. The zero-order valence-corrected chi connectivity index (χ0v) is 11.2. The highest BCUT2D eigenvalue weighted by Crippen LogP contribution is 2.58. The van der Waals surface area contributed by atoms with Crippen LogP contribution in [0.1, 0.15) is 40.0 Å². The molecule has 3 heteroatoms. The lowest BCUT2D eigenvalue weighted by molar-refractivity contribution is -0.151. The van der Waals surface area contributed by atoms with Crippen molar-refractivity contribution >= 4 is 0 Å². The van der Waals surface area contributed by atoms with Gasteiger partial charge in [0.05, 0.1) is 5.41 Å². The molecule has 2 saturated heterocycles. The Kier molecular flexibility index (Phi) is 1.97. The monoisotopic (exact) mass is 248 g/mol. The lowest BCUT2D eigenvalue weighted by Crippen LogP contribution is -2.57. The van der Waals surface area contributed by atoms with Gasteiger partial charge < -0.3 is 14.2 Å². The molecule has 3 heterocycles. The molecule has 4 atom stereocenters. The molecule has 0 N–H and O–H groups in total. The lowest BCUT2D eigenvalue weighted by Gasteiger charge is -2.52. The fraction of sp³-hybridized carbons (Fsp3) is 0.733. The molecule has 0 aromatic rings. The van der Waals surface area contributed by atoms with Crippen LogP contribution in [-0.4, -0.2) is 24.1 Å². The largest absolute Gasteiger partial charge is 0.487 e. The Morgan fingerprint density at radius 2 is 2.11 bits per heavy atom. The molecule has 1 spiro atoms. The van der Waals surface area contributed by atoms with E-state index in [0.29, 0.717) is 0 Å². The summed E-state index contributed by atoms with van der Waals surface area (Å²) in [6.07, 6.45) is 8.19. The standard InChI is InChI=1S/C15H20O3/c1-9-5-4-7-15-8-6-10(16-12(9)15)11-13(15)18-14(2,3)17-11/h6,8,10-11,13H,4-5,7H2,1-3H3/t10-,11+,13+,15-/m1/s1. The van der Waals surface area contributed by atoms with Crippen molar-refractivity contribution in [3.05, 3.63) is 23.5 Å². The molecule has 0 radical (unpaired) electrons. The van der Waals surface area contributed by atoms with Gasteiger partial charge in [0.1, 0.15) is 24.1 Å². The predicted octanol–water partition coefficient (Wildman–Crippen LogP) is 2.92. The summed E-state index contributed by atoms with van der Waals surface area (Å²) in [5.41, 5.74) is 1.33. The van der Waals surface area contributed by atoms with Gasteiger partial charge in [0.2, 0.25) is 0 Å². The first-order valence-electron chi connectivity index (χ1n) is 6.94. The Morgan fingerprint density at radius 1 is 1.28 bits per heavy atom. The third-order valence-corrected chi connectivity index (χ3v) is 4.75. The normalized spacial score (nSPS) is 47.8. The molecule has 5 aliphatic rings. The minimum Gasteiger partial charge on any atom is -0.487 e. The molecule has 0 aromatic carbocycles. The molecular formula is C15H20O3. The van der Waals surface area contributed by atoms with Crippen LogP contribution in [0, 0.1) is 5.41 Å². The summed E-state index contributed by atoms with van der Waals surface area (Å²) < 4.78 is 18.4. The van der Waals surface area contributed by atoms with E-state index in [-0.39, 0.29) is 23.7 Å². The van der Waals surface area contributed by atoms with Gasteiger partial charge in [-0.2, -0.15) is 0 Å². The van der Waals surface area contributed by atoms with Crippen LogP contribution in [0.3, 0.4) is 0 Å². The van der Waals surface area contributed by atoms with E-state index < -0.39 is 5.79 Å². The van der Waals surface area contributed by atoms with Crippen LogP contribution in [-0.2, 0) is 14.2 Å². The third-order valence-electron chi connectivity index (χ3n) is 4.75. The summed E-state index contributed by atoms with van der Waals surface area (Å²) in [5, 5.41) is 0. The molecule has 0 unspecified atom stereocenters. The van der Waals surface area contributed by atoms with Crippen molar-refractivity contribution in [3.63, 3.8) is 0 Å². The zero-order chi connectivity index (χ0) is 12.5. The molecule has 0 aromatic heterocycles. The summed E-state index contributed by atoms with van der Waals surface area (Å²) >= 11 is 0. The van der Waals surface area contributed by atoms with Crippen molar-refractivity contribution in [2.45, 2.75) is 64.1 Å². The lowest BCUT2D eigenvalue weighted by atomic mass is 9.64. The van der Waals surface area contributed by atoms with Crippen LogP contribution in [0.15, 0.2) is 23.5 Å². The first kappa shape index (κ1) is 11.1. The van der Waals surface area contributed by atoms with Gasteiger partial charge in [0.15, 0.2) is 5.79 Å². The van der Waals surface area contributed by atoms with Gasteiger partial charge in [-0.25, -0.2) is 0 Å². The van der Waals surface area contributed by atoms with Gasteiger partial charge in [-0.05, 0) is 51.7 Å². The van der Waals surface area contributed by atoms with E-state index in [1.807, 2.05) is 13.8 Å². The topological polar surface area (TPSA) is 27.7 Å². The maximum absolute atomic E-state index is 6.21. The SMILES string of the molecule is CC1=C2O[C@@H]3C=C[C@@]2(CCC1)[C@H]1OC(C)(C)O[C@@H]31. The zero-order valence-electron chi connectivity index (χ0n) is 11.2. The van der Waals surface area contributed by atoms with Crippen LogP contribution in [0.5, 0.6) is 0 Å². The van der Waals surface area contributed by atoms with Crippen molar-refractivity contribution < 1.29 is 14.2 Å². The van der Waals surface area contributed by atoms with E-state index in [0.717, 1.165) is 12.8 Å². The summed E-state index contributed by atoms with van der Waals surface area (Å²) in [7, 11) is 0. The van der Waals surface area contributed by atoms with E-state index in [1.54, 1.807) is 0 Å². The number of allylic oxidation sites excluding steroid dienone is 1. The van der Waals surface area contributed by atoms with Crippen molar-refractivity contribution in [1.82, 2.24) is 0 Å². The molecule has 98 valence electrons. The first-order chi connectivity index (χ1) is 8.52. The second kappa shape index (κ2) is 3.20. The average molecular weight is 248 g/mol. The van der Waals surface area contributed by atoms with Gasteiger partial charge >= 0.3 is 0 Å². The molecule has 2 aliphatic carbocycles. The summed E-state index contributed by atoms with van der Waals surface area (Å²) in [5.74, 6) is 0.681. The molecule has 3 nitrogen and oxygen atoms in total. The van der Waals surface area contributed by atoms with E-state index in [2.05, 4.69) is 19.1 Å². The summed E-state index contributed by atoms with van der Waals surface area (Å²) in [6.45, 7) is 6.20. The van der Waals surface area contributed by atoms with Crippen molar-refractivity contribution in [2.75, 3.05) is 0 Å². The van der Waals surface area contributed by atoms with Crippen molar-refractivity contribution in [2.24, 2.45) is 5.41 Å². The molecule has 0 saturated carbocycles. The molecule has 2 fully saturated rings. The number of hydrogen-bond donors (Lipinski definition) is 0. The highest BCUT2D eigenvalue weighted by Gasteiger charge is 2.63. The summed E-state index contributed by atoms with van der Waals surface area (Å²) in [6, 6.07) is 0. The minimum atomic E-state index is -0.489. The number of ether oxygens (including phenoxy) is 3. The predicted molar refractivity (Wildman–Crippen MR) is 66.8 cm³/mol. The van der Waals surface area contributed by atoms with Crippen molar-refractivity contribution in [1.29, 1.82) is 0 Å². The molecule has 2 bridgehead atoms. The van der Waals surface area contributed by atoms with Gasteiger partial charge in [-0.1, -0.05) is 6.08 Å². The Labute approximate surface area is 108 Å². The second-order valence-electron chi connectivity index (χ2n) is 6.47. The van der Waals surface area contributed by atoms with E-state index in [4.69, 9.17) is 14.2 Å². The Morgan fingerprint density at radius 3 is 2.94 bits per heavy atom. The summed E-state index contributed by atoms with van der Waals surface area (Å²) in [4.78, 5) is 0. The molecule has 0 amide bonds. The first-order valence-corrected chi connectivity index (χ1v) is 6.94. The number of hydrogen-bond acceptors (Lipinski definition) is 3. The third kappa shape index (κ3) is 1.22. The fourth-order valence-electron chi connectivity index (χ4n) is 4.05. The van der Waals surface area contributed by atoms with Gasteiger partial charge in [0.25, 0.3) is 0 Å². The highest BCUT2D eigenvalue weighted by molar-refractivity contribution is 5.36.